The molecule has 0 saturated heterocycles. The first-order valence-corrected chi connectivity index (χ1v) is 6.25. The van der Waals surface area contributed by atoms with Gasteiger partial charge < -0.3 is 10.5 Å². The van der Waals surface area contributed by atoms with E-state index >= 15 is 0 Å². The van der Waals surface area contributed by atoms with Gasteiger partial charge in [0.15, 0.2) is 5.75 Å². The van der Waals surface area contributed by atoms with Crippen molar-refractivity contribution in [2.75, 3.05) is 5.73 Å². The second-order valence-electron chi connectivity index (χ2n) is 4.53. The Balaban J connectivity index is 2.46. The Morgan fingerprint density at radius 2 is 1.89 bits per heavy atom. The van der Waals surface area contributed by atoms with Crippen molar-refractivity contribution >= 4 is 5.82 Å². The van der Waals surface area contributed by atoms with Gasteiger partial charge in [0, 0.05) is 13.5 Å². The van der Waals surface area contributed by atoms with Crippen LogP contribution in [-0.4, -0.2) is 19.7 Å². The highest BCUT2D eigenvalue weighted by atomic mass is 16.5. The number of aromatic nitrogens is 4. The fourth-order valence-electron chi connectivity index (χ4n) is 1.81. The minimum atomic E-state index is 0.459. The number of hydrogen-bond donors (Lipinski definition) is 1. The average Bonchev–Trinajstić information content (AvgIpc) is 2.61. The van der Waals surface area contributed by atoms with Crippen LogP contribution < -0.4 is 10.5 Å². The average molecular weight is 261 g/mol. The van der Waals surface area contributed by atoms with Crippen molar-refractivity contribution in [2.45, 2.75) is 34.1 Å². The molecule has 0 fully saturated rings. The summed E-state index contributed by atoms with van der Waals surface area (Å²) in [5.41, 5.74) is 8.41. The van der Waals surface area contributed by atoms with E-state index in [0.717, 1.165) is 22.7 Å². The molecule has 2 aromatic rings. The van der Waals surface area contributed by atoms with Crippen molar-refractivity contribution in [1.82, 2.24) is 19.7 Å². The summed E-state index contributed by atoms with van der Waals surface area (Å²) in [6.45, 7) is 7.69. The summed E-state index contributed by atoms with van der Waals surface area (Å²) in [7, 11) is 1.88. The molecule has 0 aliphatic carbocycles. The van der Waals surface area contributed by atoms with E-state index in [0.29, 0.717) is 23.9 Å². The van der Waals surface area contributed by atoms with Crippen LogP contribution in [0.25, 0.3) is 0 Å². The molecule has 2 rings (SSSR count). The van der Waals surface area contributed by atoms with Crippen molar-refractivity contribution in [3.8, 4) is 11.6 Å². The maximum Gasteiger partial charge on any atom is 0.227 e. The molecule has 0 saturated carbocycles. The highest BCUT2D eigenvalue weighted by Crippen LogP contribution is 2.30. The van der Waals surface area contributed by atoms with Gasteiger partial charge in [0.2, 0.25) is 5.88 Å². The van der Waals surface area contributed by atoms with Gasteiger partial charge in [0.05, 0.1) is 11.3 Å². The Morgan fingerprint density at radius 1 is 1.21 bits per heavy atom. The van der Waals surface area contributed by atoms with Crippen molar-refractivity contribution in [1.29, 1.82) is 0 Å². The molecule has 0 bridgehead atoms. The van der Waals surface area contributed by atoms with E-state index in [2.05, 4.69) is 15.1 Å². The fourth-order valence-corrected chi connectivity index (χ4v) is 1.81. The summed E-state index contributed by atoms with van der Waals surface area (Å²) in [5, 5.41) is 4.32. The van der Waals surface area contributed by atoms with Crippen molar-refractivity contribution < 1.29 is 4.74 Å². The van der Waals surface area contributed by atoms with Gasteiger partial charge in [-0.3, -0.25) is 4.68 Å². The molecule has 0 radical (unpaired) electrons. The Kier molecular flexibility index (Phi) is 3.42. The molecule has 19 heavy (non-hydrogen) atoms. The van der Waals surface area contributed by atoms with Crippen molar-refractivity contribution in [2.24, 2.45) is 7.05 Å². The van der Waals surface area contributed by atoms with E-state index in [4.69, 9.17) is 10.5 Å². The van der Waals surface area contributed by atoms with E-state index in [1.807, 2.05) is 34.7 Å². The van der Waals surface area contributed by atoms with Crippen LogP contribution in [0.15, 0.2) is 0 Å². The molecule has 0 aliphatic heterocycles. The highest BCUT2D eigenvalue weighted by molar-refractivity contribution is 5.47. The van der Waals surface area contributed by atoms with Crippen LogP contribution in [0.3, 0.4) is 0 Å². The summed E-state index contributed by atoms with van der Waals surface area (Å²) in [5.74, 6) is 2.37. The lowest BCUT2D eigenvalue weighted by atomic mass is 10.3. The monoisotopic (exact) mass is 261 g/mol. The number of hydrogen-bond acceptors (Lipinski definition) is 5. The van der Waals surface area contributed by atoms with Crippen molar-refractivity contribution in [3.63, 3.8) is 0 Å². The Labute approximate surface area is 112 Å². The van der Waals surface area contributed by atoms with E-state index in [9.17, 15) is 0 Å². The molecule has 0 amide bonds. The van der Waals surface area contributed by atoms with Crippen molar-refractivity contribution in [3.05, 3.63) is 22.8 Å². The number of rotatable bonds is 3. The molecule has 0 spiro atoms. The lowest BCUT2D eigenvalue weighted by molar-refractivity contribution is 0.448. The zero-order chi connectivity index (χ0) is 14.2. The standard InChI is InChI=1S/C13H19N5O/c1-6-10-15-12(14)7(2)13(16-10)19-11-8(3)17-18(5)9(11)4/h6H2,1-5H3,(H2,14,15,16). The first-order valence-electron chi connectivity index (χ1n) is 6.25. The van der Waals surface area contributed by atoms with Crippen LogP contribution in [0.4, 0.5) is 5.82 Å². The third kappa shape index (κ3) is 2.38. The number of anilines is 1. The quantitative estimate of drug-likeness (QED) is 0.915. The van der Waals surface area contributed by atoms with Crippen LogP contribution in [0.1, 0.15) is 29.7 Å². The van der Waals surface area contributed by atoms with Crippen LogP contribution in [0.2, 0.25) is 0 Å². The summed E-state index contributed by atoms with van der Waals surface area (Å²) >= 11 is 0. The topological polar surface area (TPSA) is 78.9 Å². The van der Waals surface area contributed by atoms with Gasteiger partial charge in [-0.25, -0.2) is 4.98 Å². The second-order valence-corrected chi connectivity index (χ2v) is 4.53. The molecule has 0 atom stereocenters. The zero-order valence-electron chi connectivity index (χ0n) is 12.0. The summed E-state index contributed by atoms with van der Waals surface area (Å²) in [4.78, 5) is 8.60. The Hall–Kier alpha value is -2.11. The van der Waals surface area contributed by atoms with Gasteiger partial charge in [0.25, 0.3) is 0 Å². The lowest BCUT2D eigenvalue weighted by Crippen LogP contribution is -2.04. The minimum absolute atomic E-state index is 0.459. The van der Waals surface area contributed by atoms with Gasteiger partial charge in [-0.1, -0.05) is 6.92 Å². The molecule has 2 heterocycles. The lowest BCUT2D eigenvalue weighted by Gasteiger charge is -2.10. The van der Waals surface area contributed by atoms with Crippen LogP contribution in [-0.2, 0) is 13.5 Å². The third-order valence-electron chi connectivity index (χ3n) is 3.14. The van der Waals surface area contributed by atoms with Gasteiger partial charge in [-0.2, -0.15) is 10.1 Å². The minimum Gasteiger partial charge on any atom is -0.435 e. The normalized spacial score (nSPS) is 10.8. The predicted molar refractivity (Wildman–Crippen MR) is 73.3 cm³/mol. The molecule has 6 nitrogen and oxygen atoms in total. The van der Waals surface area contributed by atoms with Crippen LogP contribution >= 0.6 is 0 Å². The molecule has 0 aromatic carbocycles. The largest absolute Gasteiger partial charge is 0.435 e. The fraction of sp³-hybridized carbons (Fsp3) is 0.462. The maximum atomic E-state index is 5.90. The second kappa shape index (κ2) is 4.87. The van der Waals surface area contributed by atoms with E-state index in [1.165, 1.54) is 0 Å². The van der Waals surface area contributed by atoms with Crippen LogP contribution in [0, 0.1) is 20.8 Å². The zero-order valence-corrected chi connectivity index (χ0v) is 12.0. The number of nitrogens with zero attached hydrogens (tertiary/aromatic N) is 4. The first kappa shape index (κ1) is 13.3. The van der Waals surface area contributed by atoms with E-state index in [1.54, 1.807) is 4.68 Å². The van der Waals surface area contributed by atoms with E-state index < -0.39 is 0 Å². The van der Waals surface area contributed by atoms with Gasteiger partial charge >= 0.3 is 0 Å². The number of ether oxygens (including phenoxy) is 1. The molecular weight excluding hydrogens is 242 g/mol. The Morgan fingerprint density at radius 3 is 2.42 bits per heavy atom. The van der Waals surface area contributed by atoms with Gasteiger partial charge in [-0.05, 0) is 20.8 Å². The van der Waals surface area contributed by atoms with Crippen LogP contribution in [0.5, 0.6) is 11.6 Å². The first-order chi connectivity index (χ1) is 8.93. The SMILES string of the molecule is CCc1nc(N)c(C)c(Oc2c(C)nn(C)c2C)n1. The number of aryl methyl sites for hydroxylation is 3. The van der Waals surface area contributed by atoms with Gasteiger partial charge in [0.1, 0.15) is 17.3 Å². The van der Waals surface area contributed by atoms with E-state index in [-0.39, 0.29) is 0 Å². The molecule has 2 N–H and O–H groups in total. The summed E-state index contributed by atoms with van der Waals surface area (Å²) < 4.78 is 7.68. The Bertz CT molecular complexity index is 618. The molecule has 102 valence electrons. The third-order valence-corrected chi connectivity index (χ3v) is 3.14. The maximum absolute atomic E-state index is 5.90. The molecule has 6 heteroatoms. The molecule has 0 aliphatic rings. The van der Waals surface area contributed by atoms with Gasteiger partial charge in [-0.15, -0.1) is 0 Å². The highest BCUT2D eigenvalue weighted by Gasteiger charge is 2.16. The predicted octanol–water partition coefficient (Wildman–Crippen LogP) is 2.07. The number of nitrogens with two attached hydrogens (primary N) is 1. The molecule has 2 aromatic heterocycles. The smallest absolute Gasteiger partial charge is 0.227 e. The number of nitrogen functional groups attached to an aromatic ring is 1. The molecular formula is C13H19N5O. The summed E-state index contributed by atoms with van der Waals surface area (Å²) in [6.07, 6.45) is 0.714. The molecule has 0 unspecified atom stereocenters. The summed E-state index contributed by atoms with van der Waals surface area (Å²) in [6, 6.07) is 0.